The van der Waals surface area contributed by atoms with Crippen molar-refractivity contribution in [1.29, 1.82) is 0 Å². The van der Waals surface area contributed by atoms with E-state index >= 15 is 0 Å². The highest BCUT2D eigenvalue weighted by Crippen LogP contribution is 2.36. The summed E-state index contributed by atoms with van der Waals surface area (Å²) >= 11 is 0. The molecule has 6 heteroatoms. The van der Waals surface area contributed by atoms with Crippen LogP contribution in [0.25, 0.3) is 11.1 Å². The molecule has 142 valence electrons. The van der Waals surface area contributed by atoms with Gasteiger partial charge in [0.15, 0.2) is 0 Å². The third-order valence-electron chi connectivity index (χ3n) is 5.71. The van der Waals surface area contributed by atoms with Gasteiger partial charge >= 0.3 is 5.69 Å². The molecule has 1 amide bonds. The normalized spacial score (nSPS) is 15.9. The fourth-order valence-corrected chi connectivity index (χ4v) is 3.89. The molecule has 2 heterocycles. The topological polar surface area (TPSA) is 67.5 Å². The number of fused-ring (bicyclic) bond motifs is 1. The van der Waals surface area contributed by atoms with Crippen molar-refractivity contribution in [1.82, 2.24) is 14.0 Å². The van der Waals surface area contributed by atoms with E-state index in [1.165, 1.54) is 15.3 Å². The Morgan fingerprint density at radius 1 is 1.04 bits per heavy atom. The number of carbonyl (C=O) groups excluding carboxylic acids is 1. The number of rotatable bonds is 4. The number of benzene rings is 2. The summed E-state index contributed by atoms with van der Waals surface area (Å²) < 4.78 is 2.70. The van der Waals surface area contributed by atoms with Crippen molar-refractivity contribution < 1.29 is 9.90 Å². The smallest absolute Gasteiger partial charge is 0.331 e. The molecule has 0 unspecified atom stereocenters. The molecule has 1 N–H and O–H groups in total. The zero-order valence-electron chi connectivity index (χ0n) is 15.6. The first-order valence-corrected chi connectivity index (χ1v) is 9.49. The molecule has 0 bridgehead atoms. The number of aromatic hydroxyl groups is 1. The first kappa shape index (κ1) is 16.9. The Labute approximate surface area is 162 Å². The third-order valence-corrected chi connectivity index (χ3v) is 5.71. The first-order chi connectivity index (χ1) is 13.5. The second-order valence-corrected chi connectivity index (χ2v) is 7.69. The van der Waals surface area contributed by atoms with E-state index in [9.17, 15) is 14.7 Å². The molecule has 28 heavy (non-hydrogen) atoms. The van der Waals surface area contributed by atoms with Crippen LogP contribution in [0.5, 0.6) is 5.88 Å². The highest BCUT2D eigenvalue weighted by atomic mass is 16.3. The van der Waals surface area contributed by atoms with Crippen molar-refractivity contribution in [3.05, 3.63) is 75.8 Å². The summed E-state index contributed by atoms with van der Waals surface area (Å²) in [5.74, 6) is 0.116. The van der Waals surface area contributed by atoms with Crippen LogP contribution in [-0.4, -0.2) is 31.1 Å². The number of carbonyl (C=O) groups is 1. The van der Waals surface area contributed by atoms with E-state index in [0.29, 0.717) is 19.1 Å². The first-order valence-electron chi connectivity index (χ1n) is 9.49. The minimum absolute atomic E-state index is 0.0467. The van der Waals surface area contributed by atoms with Crippen molar-refractivity contribution in [3.63, 3.8) is 0 Å². The highest BCUT2D eigenvalue weighted by molar-refractivity contribution is 5.99. The van der Waals surface area contributed by atoms with Crippen LogP contribution < -0.4 is 5.69 Å². The molecule has 1 aliphatic carbocycles. The number of nitrogens with zero attached hydrogens (tertiary/aromatic N) is 3. The largest absolute Gasteiger partial charge is 0.493 e. The van der Waals surface area contributed by atoms with E-state index in [0.717, 1.165) is 40.7 Å². The number of amides is 1. The Bertz CT molecular complexity index is 1140. The molecule has 6 nitrogen and oxygen atoms in total. The van der Waals surface area contributed by atoms with Crippen LogP contribution in [0.1, 0.15) is 34.3 Å². The summed E-state index contributed by atoms with van der Waals surface area (Å²) in [6, 6.07) is 14.5. The summed E-state index contributed by atoms with van der Waals surface area (Å²) in [5, 5.41) is 9.66. The fraction of sp³-hybridized carbons (Fsp3) is 0.273. The molecule has 1 aromatic heterocycles. The van der Waals surface area contributed by atoms with Crippen LogP contribution in [0.3, 0.4) is 0 Å². The fourth-order valence-electron chi connectivity index (χ4n) is 3.89. The highest BCUT2D eigenvalue weighted by Gasteiger charge is 2.38. The van der Waals surface area contributed by atoms with Gasteiger partial charge in [-0.1, -0.05) is 30.3 Å². The van der Waals surface area contributed by atoms with Gasteiger partial charge in [0.1, 0.15) is 0 Å². The summed E-state index contributed by atoms with van der Waals surface area (Å²) in [6.07, 6.45) is 3.69. The van der Waals surface area contributed by atoms with E-state index in [2.05, 4.69) is 6.07 Å². The molecule has 1 aliphatic heterocycles. The van der Waals surface area contributed by atoms with Crippen LogP contribution in [0.4, 0.5) is 0 Å². The Kier molecular flexibility index (Phi) is 3.69. The van der Waals surface area contributed by atoms with Crippen LogP contribution in [0, 0.1) is 0 Å². The van der Waals surface area contributed by atoms with Gasteiger partial charge in [-0.3, -0.25) is 13.9 Å². The van der Waals surface area contributed by atoms with E-state index in [1.807, 2.05) is 41.3 Å². The zero-order valence-corrected chi connectivity index (χ0v) is 15.6. The minimum atomic E-state index is -0.245. The lowest BCUT2D eigenvalue weighted by Gasteiger charge is -2.13. The lowest BCUT2D eigenvalue weighted by Crippen LogP contribution is -2.25. The zero-order chi connectivity index (χ0) is 19.4. The van der Waals surface area contributed by atoms with Gasteiger partial charge in [0.05, 0.1) is 12.7 Å². The van der Waals surface area contributed by atoms with Crippen LogP contribution in [0.2, 0.25) is 0 Å². The van der Waals surface area contributed by atoms with Gasteiger partial charge in [-0.2, -0.15) is 0 Å². The summed E-state index contributed by atoms with van der Waals surface area (Å²) in [7, 11) is 1.54. The molecule has 5 rings (SSSR count). The maximum atomic E-state index is 12.5. The predicted molar refractivity (Wildman–Crippen MR) is 105 cm³/mol. The molecular formula is C22H21N3O3. The maximum Gasteiger partial charge on any atom is 0.331 e. The molecule has 2 aliphatic rings. The maximum absolute atomic E-state index is 12.5. The molecule has 0 spiro atoms. The van der Waals surface area contributed by atoms with Crippen molar-refractivity contribution in [2.24, 2.45) is 7.05 Å². The number of imidazole rings is 1. The van der Waals surface area contributed by atoms with Gasteiger partial charge in [-0.25, -0.2) is 4.79 Å². The predicted octanol–water partition coefficient (Wildman–Crippen LogP) is 2.73. The van der Waals surface area contributed by atoms with Gasteiger partial charge in [0.2, 0.25) is 5.88 Å². The molecule has 3 aromatic rings. The van der Waals surface area contributed by atoms with Gasteiger partial charge in [0, 0.05) is 25.2 Å². The van der Waals surface area contributed by atoms with Crippen molar-refractivity contribution in [2.75, 3.05) is 0 Å². The van der Waals surface area contributed by atoms with Gasteiger partial charge in [0.25, 0.3) is 5.91 Å². The van der Waals surface area contributed by atoms with Crippen LogP contribution >= 0.6 is 0 Å². The summed E-state index contributed by atoms with van der Waals surface area (Å²) in [4.78, 5) is 26.5. The lowest BCUT2D eigenvalue weighted by molar-refractivity contribution is 0.0766. The van der Waals surface area contributed by atoms with Crippen molar-refractivity contribution >= 4 is 5.91 Å². The van der Waals surface area contributed by atoms with Crippen LogP contribution in [-0.2, 0) is 20.1 Å². The Morgan fingerprint density at radius 3 is 2.39 bits per heavy atom. The molecule has 0 atom stereocenters. The van der Waals surface area contributed by atoms with Gasteiger partial charge in [-0.15, -0.1) is 0 Å². The number of aromatic nitrogens is 2. The molecule has 1 fully saturated rings. The number of hydrogen-bond donors (Lipinski definition) is 1. The second kappa shape index (κ2) is 6.12. The average molecular weight is 375 g/mol. The standard InChI is InChI=1S/C22H21N3O3/c1-23-20(26)13-24(22(23)28)11-14-2-4-15(5-3-14)16-6-9-19-17(10-16)12-25(21(19)27)18-7-8-18/h2-6,9-10,13,18,26H,7-8,11-12H2,1H3. The monoisotopic (exact) mass is 375 g/mol. The second-order valence-electron chi connectivity index (χ2n) is 7.69. The molecule has 0 saturated heterocycles. The SMILES string of the molecule is Cn1c(O)cn(Cc2ccc(-c3ccc4c(c3)CN(C3CC3)C4=O)cc2)c1=O. The Morgan fingerprint density at radius 2 is 1.75 bits per heavy atom. The molecule has 1 saturated carbocycles. The lowest BCUT2D eigenvalue weighted by atomic mass is 9.99. The summed E-state index contributed by atoms with van der Waals surface area (Å²) in [5.41, 5.74) is 4.83. The molecule has 2 aromatic carbocycles. The van der Waals surface area contributed by atoms with Crippen molar-refractivity contribution in [3.8, 4) is 17.0 Å². The van der Waals surface area contributed by atoms with Gasteiger partial charge in [-0.05, 0) is 47.2 Å². The Balaban J connectivity index is 1.38. The Hall–Kier alpha value is -3.28. The quantitative estimate of drug-likeness (QED) is 0.762. The molecular weight excluding hydrogens is 354 g/mol. The van der Waals surface area contributed by atoms with E-state index < -0.39 is 0 Å². The summed E-state index contributed by atoms with van der Waals surface area (Å²) in [6.45, 7) is 1.12. The van der Waals surface area contributed by atoms with E-state index in [4.69, 9.17) is 0 Å². The molecule has 0 radical (unpaired) electrons. The van der Waals surface area contributed by atoms with Crippen LogP contribution in [0.15, 0.2) is 53.5 Å². The third kappa shape index (κ3) is 2.72. The van der Waals surface area contributed by atoms with Gasteiger partial charge < -0.3 is 10.0 Å². The van der Waals surface area contributed by atoms with E-state index in [1.54, 1.807) is 7.05 Å². The van der Waals surface area contributed by atoms with Crippen molar-refractivity contribution in [2.45, 2.75) is 32.0 Å². The minimum Gasteiger partial charge on any atom is -0.493 e. The number of hydrogen-bond acceptors (Lipinski definition) is 3. The van der Waals surface area contributed by atoms with E-state index in [-0.39, 0.29) is 17.5 Å². The average Bonchev–Trinajstić information content (AvgIpc) is 3.46.